The van der Waals surface area contributed by atoms with Crippen LogP contribution in [0.25, 0.3) is 5.57 Å². The van der Waals surface area contributed by atoms with Gasteiger partial charge in [-0.1, -0.05) is 36.4 Å². The predicted octanol–water partition coefficient (Wildman–Crippen LogP) is 6.76. The minimum Gasteiger partial charge on any atom is -0.458 e. The van der Waals surface area contributed by atoms with Crippen molar-refractivity contribution < 1.29 is 48.6 Å². The summed E-state index contributed by atoms with van der Waals surface area (Å²) in [6.45, 7) is 13.7. The molecule has 0 aliphatic rings. The van der Waals surface area contributed by atoms with Gasteiger partial charge in [0, 0.05) is 0 Å². The summed E-state index contributed by atoms with van der Waals surface area (Å²) in [5, 5.41) is 0. The third-order valence-electron chi connectivity index (χ3n) is 4.49. The quantitative estimate of drug-likeness (QED) is 0.0454. The van der Waals surface area contributed by atoms with E-state index < -0.39 is 5.97 Å². The number of allylic oxidation sites excluding steroid dienone is 1. The molecule has 0 aromatic heterocycles. The molecule has 3 aromatic rings. The first-order valence-corrected chi connectivity index (χ1v) is 10.8. The molecule has 0 saturated carbocycles. The van der Waals surface area contributed by atoms with Gasteiger partial charge in [-0.05, 0) is 67.8 Å². The molecule has 3 rings (SSSR count). The van der Waals surface area contributed by atoms with Gasteiger partial charge in [0.1, 0.15) is 17.2 Å². The average molecular weight is 665 g/mol. The van der Waals surface area contributed by atoms with Crippen LogP contribution in [0, 0.1) is 20.1 Å². The fourth-order valence-electron chi connectivity index (χ4n) is 2.68. The summed E-state index contributed by atoms with van der Waals surface area (Å²) >= 11 is 0. The number of hydrogen-bond donors (Lipinski definition) is 0. The summed E-state index contributed by atoms with van der Waals surface area (Å²) < 4.78 is 16.7. The maximum absolute atomic E-state index is 12.1. The SMILES string of the molecule is C=C(C)COO[CH2-].C=C(C)c1ccc(OCOc2ccc(OC(=O)c3cc[c-]cc3)cc2C)cc1.[Os+2]. The minimum absolute atomic E-state index is 0. The number of esters is 1. The molecule has 0 aliphatic heterocycles. The molecule has 0 unspecified atom stereocenters. The Morgan fingerprint density at radius 1 is 0.917 bits per heavy atom. The van der Waals surface area contributed by atoms with E-state index in [1.165, 1.54) is 0 Å². The molecule has 0 atom stereocenters. The number of hydrogen-bond acceptors (Lipinski definition) is 6. The van der Waals surface area contributed by atoms with Crippen LogP contribution in [0.15, 0.2) is 85.5 Å². The van der Waals surface area contributed by atoms with Crippen molar-refractivity contribution in [2.45, 2.75) is 20.8 Å². The van der Waals surface area contributed by atoms with Gasteiger partial charge in [0.25, 0.3) is 0 Å². The van der Waals surface area contributed by atoms with E-state index in [9.17, 15) is 4.79 Å². The molecule has 190 valence electrons. The number of benzene rings is 3. The molecular formula is C29H30O6Os. The summed E-state index contributed by atoms with van der Waals surface area (Å²) in [4.78, 5) is 20.5. The van der Waals surface area contributed by atoms with Crippen LogP contribution < -0.4 is 14.2 Å². The monoisotopic (exact) mass is 666 g/mol. The molecule has 0 bridgehead atoms. The van der Waals surface area contributed by atoms with Crippen LogP contribution in [0.2, 0.25) is 0 Å². The average Bonchev–Trinajstić information content (AvgIpc) is 2.85. The van der Waals surface area contributed by atoms with Gasteiger partial charge < -0.3 is 19.1 Å². The molecule has 0 N–H and O–H groups in total. The van der Waals surface area contributed by atoms with Gasteiger partial charge >= 0.3 is 25.8 Å². The van der Waals surface area contributed by atoms with Gasteiger partial charge in [-0.3, -0.25) is 4.89 Å². The standard InChI is InChI=1S/C24H21O4.C5H9O2.Os/c1-17(2)19-9-11-21(12-10-19)26-16-27-23-14-13-22(15-18(23)3)28-24(25)20-7-5-4-6-8-20;1-5(2)4-7-6-3;/h5-15H,1,16H2,2-3H3;1,3-4H2,2H3;/q2*-1;+2. The van der Waals surface area contributed by atoms with E-state index in [0.717, 1.165) is 22.3 Å². The van der Waals surface area contributed by atoms with Crippen LogP contribution in [-0.4, -0.2) is 19.4 Å². The first kappa shape index (κ1) is 30.8. The Labute approximate surface area is 226 Å². The van der Waals surface area contributed by atoms with E-state index in [0.29, 0.717) is 29.4 Å². The Morgan fingerprint density at radius 2 is 1.56 bits per heavy atom. The summed E-state index contributed by atoms with van der Waals surface area (Å²) in [6, 6.07) is 22.4. The van der Waals surface area contributed by atoms with Crippen molar-refractivity contribution in [1.29, 1.82) is 0 Å². The summed E-state index contributed by atoms with van der Waals surface area (Å²) in [5.41, 5.74) is 4.31. The third kappa shape index (κ3) is 11.0. The zero-order valence-electron chi connectivity index (χ0n) is 20.7. The van der Waals surface area contributed by atoms with E-state index in [1.807, 2.05) is 45.0 Å². The summed E-state index contributed by atoms with van der Waals surface area (Å²) in [6.07, 6.45) is 0. The van der Waals surface area contributed by atoms with Gasteiger partial charge in [0.2, 0.25) is 6.79 Å². The van der Waals surface area contributed by atoms with Crippen LogP contribution in [0.5, 0.6) is 17.2 Å². The van der Waals surface area contributed by atoms with Crippen molar-refractivity contribution in [3.8, 4) is 17.2 Å². The van der Waals surface area contributed by atoms with Crippen LogP contribution in [0.4, 0.5) is 0 Å². The molecular weight excluding hydrogens is 635 g/mol. The zero-order valence-corrected chi connectivity index (χ0v) is 23.2. The Kier molecular flexibility index (Phi) is 14.1. The van der Waals surface area contributed by atoms with Crippen LogP contribution in [0.3, 0.4) is 0 Å². The van der Waals surface area contributed by atoms with Crippen molar-refractivity contribution in [2.75, 3.05) is 13.4 Å². The Hall–Kier alpha value is -3.23. The molecule has 7 heteroatoms. The van der Waals surface area contributed by atoms with Crippen LogP contribution in [-0.2, 0) is 29.6 Å². The van der Waals surface area contributed by atoms with Gasteiger partial charge in [-0.15, -0.1) is 0 Å². The third-order valence-corrected chi connectivity index (χ3v) is 4.49. The molecule has 36 heavy (non-hydrogen) atoms. The molecule has 0 heterocycles. The first-order valence-electron chi connectivity index (χ1n) is 10.8. The number of carbonyl (C=O) groups excluding carboxylic acids is 1. The van der Waals surface area contributed by atoms with E-state index in [4.69, 9.17) is 14.2 Å². The van der Waals surface area contributed by atoms with E-state index >= 15 is 0 Å². The van der Waals surface area contributed by atoms with Crippen molar-refractivity contribution in [3.63, 3.8) is 0 Å². The van der Waals surface area contributed by atoms with Crippen molar-refractivity contribution in [1.82, 2.24) is 0 Å². The Morgan fingerprint density at radius 3 is 2.08 bits per heavy atom. The van der Waals surface area contributed by atoms with Crippen LogP contribution >= 0.6 is 0 Å². The maximum Gasteiger partial charge on any atom is 2.00 e. The maximum atomic E-state index is 12.1. The number of carbonyl (C=O) groups is 1. The zero-order chi connectivity index (χ0) is 25.6. The van der Waals surface area contributed by atoms with Crippen molar-refractivity contribution >= 4 is 11.5 Å². The fraction of sp³-hybridized carbons (Fsp3) is 0.172. The normalized spacial score (nSPS) is 9.67. The fourth-order valence-corrected chi connectivity index (χ4v) is 2.68. The van der Waals surface area contributed by atoms with Crippen LogP contribution in [0.1, 0.15) is 35.3 Å². The Bertz CT molecular complexity index is 1110. The smallest absolute Gasteiger partial charge is 0.458 e. The molecule has 0 fully saturated rings. The molecule has 6 nitrogen and oxygen atoms in total. The molecule has 0 saturated heterocycles. The number of ether oxygens (including phenoxy) is 3. The number of rotatable bonds is 10. The predicted molar refractivity (Wildman–Crippen MR) is 136 cm³/mol. The van der Waals surface area contributed by atoms with Gasteiger partial charge in [-0.2, -0.15) is 37.4 Å². The number of aryl methyl sites for hydroxylation is 1. The second kappa shape index (κ2) is 16.4. The second-order valence-electron chi connectivity index (χ2n) is 7.65. The molecule has 3 aromatic carbocycles. The van der Waals surface area contributed by atoms with E-state index in [1.54, 1.807) is 42.5 Å². The largest absolute Gasteiger partial charge is 2.00 e. The molecule has 0 amide bonds. The van der Waals surface area contributed by atoms with Gasteiger partial charge in [0.05, 0.1) is 6.61 Å². The van der Waals surface area contributed by atoms with Gasteiger partial charge in [-0.25, -0.2) is 4.79 Å². The topological polar surface area (TPSA) is 63.2 Å². The van der Waals surface area contributed by atoms with Crippen molar-refractivity contribution in [3.05, 3.63) is 115 Å². The summed E-state index contributed by atoms with van der Waals surface area (Å²) in [7, 11) is 2.99. The Balaban J connectivity index is 0.000000712. The molecule has 0 spiro atoms. The summed E-state index contributed by atoms with van der Waals surface area (Å²) in [5.74, 6) is 1.42. The van der Waals surface area contributed by atoms with Gasteiger partial charge in [0.15, 0.2) is 0 Å². The molecule has 0 radical (unpaired) electrons. The second-order valence-corrected chi connectivity index (χ2v) is 7.65. The first-order chi connectivity index (χ1) is 16.8. The van der Waals surface area contributed by atoms with E-state index in [-0.39, 0.29) is 26.6 Å². The molecule has 0 aliphatic carbocycles. The minimum atomic E-state index is -0.413. The van der Waals surface area contributed by atoms with E-state index in [2.05, 4.69) is 36.1 Å². The van der Waals surface area contributed by atoms with Crippen molar-refractivity contribution in [2.24, 2.45) is 0 Å².